The fourth-order valence-electron chi connectivity index (χ4n) is 3.12. The van der Waals surface area contributed by atoms with Gasteiger partial charge < -0.3 is 9.47 Å². The smallest absolute Gasteiger partial charge is 0.240 e. The Morgan fingerprint density at radius 2 is 2.04 bits per heavy atom. The molecule has 0 amide bonds. The van der Waals surface area contributed by atoms with Gasteiger partial charge in [0.05, 0.1) is 24.2 Å². The number of hydrogen-bond acceptors (Lipinski definition) is 5. The minimum atomic E-state index is -3.78. The first-order valence-electron chi connectivity index (χ1n) is 9.30. The van der Waals surface area contributed by atoms with Gasteiger partial charge in [-0.25, -0.2) is 17.5 Å². The highest BCUT2D eigenvalue weighted by atomic mass is 32.2. The molecule has 1 aliphatic heterocycles. The fraction of sp³-hybridized carbons (Fsp3) is 0.400. The largest absolute Gasteiger partial charge is 0.491 e. The third kappa shape index (κ3) is 5.29. The fourth-order valence-corrected chi connectivity index (χ4v) is 4.15. The van der Waals surface area contributed by atoms with E-state index in [1.165, 1.54) is 12.1 Å². The lowest BCUT2D eigenvalue weighted by molar-refractivity contribution is -0.0291. The number of nitrogens with one attached hydrogen (secondary N) is 1. The SMILES string of the molecule is CCOc1ccc(S(=O)(=O)NCCN2CCO[C@@H](c3ccccc3)C2)cc1F. The Labute approximate surface area is 165 Å². The summed E-state index contributed by atoms with van der Waals surface area (Å²) in [4.78, 5) is 2.04. The first kappa shape index (κ1) is 20.7. The van der Waals surface area contributed by atoms with Crippen molar-refractivity contribution >= 4 is 10.0 Å². The Kier molecular flexibility index (Phi) is 7.01. The van der Waals surface area contributed by atoms with Crippen molar-refractivity contribution in [1.82, 2.24) is 9.62 Å². The average Bonchev–Trinajstić information content (AvgIpc) is 2.70. The molecule has 1 saturated heterocycles. The van der Waals surface area contributed by atoms with E-state index in [0.717, 1.165) is 18.2 Å². The molecule has 0 aliphatic carbocycles. The van der Waals surface area contributed by atoms with Crippen LogP contribution in [0.5, 0.6) is 5.75 Å². The van der Waals surface area contributed by atoms with Crippen LogP contribution in [0.3, 0.4) is 0 Å². The molecule has 3 rings (SSSR count). The summed E-state index contributed by atoms with van der Waals surface area (Å²) < 4.78 is 52.2. The molecule has 1 atom stereocenters. The number of benzene rings is 2. The Hall–Kier alpha value is -2.00. The van der Waals surface area contributed by atoms with Crippen LogP contribution in [0.2, 0.25) is 0 Å². The summed E-state index contributed by atoms with van der Waals surface area (Å²) in [7, 11) is -3.78. The quantitative estimate of drug-likeness (QED) is 0.727. The summed E-state index contributed by atoms with van der Waals surface area (Å²) in [5.74, 6) is -0.648. The molecule has 152 valence electrons. The van der Waals surface area contributed by atoms with Crippen LogP contribution in [-0.2, 0) is 14.8 Å². The lowest BCUT2D eigenvalue weighted by Gasteiger charge is -2.33. The van der Waals surface area contributed by atoms with Crippen molar-refractivity contribution in [3.8, 4) is 5.75 Å². The van der Waals surface area contributed by atoms with Crippen molar-refractivity contribution in [3.05, 3.63) is 59.9 Å². The topological polar surface area (TPSA) is 67.9 Å². The molecule has 0 spiro atoms. The second kappa shape index (κ2) is 9.47. The molecule has 2 aromatic carbocycles. The summed E-state index contributed by atoms with van der Waals surface area (Å²) in [5, 5.41) is 0. The first-order chi connectivity index (χ1) is 13.5. The number of halogens is 1. The lowest BCUT2D eigenvalue weighted by atomic mass is 10.1. The van der Waals surface area contributed by atoms with Crippen LogP contribution in [0.4, 0.5) is 4.39 Å². The van der Waals surface area contributed by atoms with E-state index >= 15 is 0 Å². The molecule has 8 heteroatoms. The molecule has 0 aromatic heterocycles. The van der Waals surface area contributed by atoms with Crippen LogP contribution < -0.4 is 9.46 Å². The highest BCUT2D eigenvalue weighted by molar-refractivity contribution is 7.89. The van der Waals surface area contributed by atoms with E-state index in [9.17, 15) is 12.8 Å². The van der Waals surface area contributed by atoms with Crippen molar-refractivity contribution in [3.63, 3.8) is 0 Å². The van der Waals surface area contributed by atoms with Gasteiger partial charge in [0, 0.05) is 26.2 Å². The van der Waals surface area contributed by atoms with Gasteiger partial charge in [0.15, 0.2) is 11.6 Å². The van der Waals surface area contributed by atoms with E-state index in [2.05, 4.69) is 9.62 Å². The van der Waals surface area contributed by atoms with Crippen molar-refractivity contribution in [2.24, 2.45) is 0 Å². The standard InChI is InChI=1S/C20H25FN2O4S/c1-2-26-19-9-8-17(14-18(19)21)28(24,25)22-10-11-23-12-13-27-20(15-23)16-6-4-3-5-7-16/h3-9,14,20,22H,2,10-13,15H2,1H3/t20-/m1/s1. The molecule has 0 saturated carbocycles. The van der Waals surface area contributed by atoms with E-state index < -0.39 is 15.8 Å². The van der Waals surface area contributed by atoms with Gasteiger partial charge in [-0.3, -0.25) is 4.90 Å². The van der Waals surface area contributed by atoms with E-state index in [1.54, 1.807) is 6.92 Å². The first-order valence-corrected chi connectivity index (χ1v) is 10.8. The minimum absolute atomic E-state index is 0.0215. The maximum atomic E-state index is 13.9. The Morgan fingerprint density at radius 1 is 1.25 bits per heavy atom. The maximum Gasteiger partial charge on any atom is 0.240 e. The second-order valence-electron chi connectivity index (χ2n) is 6.49. The zero-order chi connectivity index (χ0) is 20.0. The van der Waals surface area contributed by atoms with Gasteiger partial charge in [-0.1, -0.05) is 30.3 Å². The van der Waals surface area contributed by atoms with Gasteiger partial charge in [0.1, 0.15) is 0 Å². The Bertz CT molecular complexity index is 877. The van der Waals surface area contributed by atoms with Crippen LogP contribution in [-0.4, -0.2) is 52.7 Å². The van der Waals surface area contributed by atoms with E-state index in [4.69, 9.17) is 9.47 Å². The monoisotopic (exact) mass is 408 g/mol. The number of morpholine rings is 1. The molecule has 6 nitrogen and oxygen atoms in total. The van der Waals surface area contributed by atoms with Crippen molar-refractivity contribution in [2.45, 2.75) is 17.9 Å². The molecule has 0 bridgehead atoms. The molecule has 1 aliphatic rings. The van der Waals surface area contributed by atoms with Crippen molar-refractivity contribution in [1.29, 1.82) is 0 Å². The van der Waals surface area contributed by atoms with E-state index in [-0.39, 0.29) is 23.3 Å². The predicted molar refractivity (Wildman–Crippen MR) is 104 cm³/mol. The van der Waals surface area contributed by atoms with Crippen molar-refractivity contribution < 1.29 is 22.3 Å². The maximum absolute atomic E-state index is 13.9. The molecule has 0 unspecified atom stereocenters. The zero-order valence-electron chi connectivity index (χ0n) is 15.8. The number of rotatable bonds is 8. The summed E-state index contributed by atoms with van der Waals surface area (Å²) in [5.41, 5.74) is 1.11. The summed E-state index contributed by atoms with van der Waals surface area (Å²) >= 11 is 0. The Morgan fingerprint density at radius 3 is 2.75 bits per heavy atom. The summed E-state index contributed by atoms with van der Waals surface area (Å²) in [6.45, 7) is 4.86. The van der Waals surface area contributed by atoms with Gasteiger partial charge in [0.2, 0.25) is 10.0 Å². The molecule has 0 radical (unpaired) electrons. The van der Waals surface area contributed by atoms with Gasteiger partial charge >= 0.3 is 0 Å². The number of ether oxygens (including phenoxy) is 2. The highest BCUT2D eigenvalue weighted by Gasteiger charge is 2.22. The van der Waals surface area contributed by atoms with E-state index in [0.29, 0.717) is 26.3 Å². The molecule has 1 heterocycles. The van der Waals surface area contributed by atoms with E-state index in [1.807, 2.05) is 30.3 Å². The molecular formula is C20H25FN2O4S. The second-order valence-corrected chi connectivity index (χ2v) is 8.26. The van der Waals surface area contributed by atoms with Crippen LogP contribution in [0.15, 0.2) is 53.4 Å². The van der Waals surface area contributed by atoms with Crippen LogP contribution >= 0.6 is 0 Å². The molecule has 28 heavy (non-hydrogen) atoms. The van der Waals surface area contributed by atoms with Crippen molar-refractivity contribution in [2.75, 3.05) is 39.4 Å². The third-order valence-electron chi connectivity index (χ3n) is 4.56. The Balaban J connectivity index is 1.54. The highest BCUT2D eigenvalue weighted by Crippen LogP contribution is 2.22. The molecule has 1 N–H and O–H groups in total. The molecule has 2 aromatic rings. The minimum Gasteiger partial charge on any atom is -0.491 e. The molecular weight excluding hydrogens is 383 g/mol. The lowest BCUT2D eigenvalue weighted by Crippen LogP contribution is -2.42. The predicted octanol–water partition coefficient (Wildman–Crippen LogP) is 2.58. The van der Waals surface area contributed by atoms with Crippen LogP contribution in [0.25, 0.3) is 0 Å². The van der Waals surface area contributed by atoms with Gasteiger partial charge in [-0.05, 0) is 30.7 Å². The molecule has 1 fully saturated rings. The average molecular weight is 408 g/mol. The normalized spacial score (nSPS) is 18.1. The van der Waals surface area contributed by atoms with Gasteiger partial charge in [-0.15, -0.1) is 0 Å². The number of sulfonamides is 1. The van der Waals surface area contributed by atoms with Crippen LogP contribution in [0, 0.1) is 5.82 Å². The number of nitrogens with zero attached hydrogens (tertiary/aromatic N) is 1. The summed E-state index contributed by atoms with van der Waals surface area (Å²) in [6, 6.07) is 13.6. The summed E-state index contributed by atoms with van der Waals surface area (Å²) in [6.07, 6.45) is -0.0215. The number of hydrogen-bond donors (Lipinski definition) is 1. The third-order valence-corrected chi connectivity index (χ3v) is 6.01. The zero-order valence-corrected chi connectivity index (χ0v) is 16.6. The van der Waals surface area contributed by atoms with Gasteiger partial charge in [-0.2, -0.15) is 0 Å². The van der Waals surface area contributed by atoms with Gasteiger partial charge in [0.25, 0.3) is 0 Å². The van der Waals surface area contributed by atoms with Crippen LogP contribution in [0.1, 0.15) is 18.6 Å².